The highest BCUT2D eigenvalue weighted by Crippen LogP contribution is 2.17. The summed E-state index contributed by atoms with van der Waals surface area (Å²) >= 11 is 0. The molecule has 0 aliphatic heterocycles. The highest BCUT2D eigenvalue weighted by atomic mass is 16.1. The molecule has 11 heavy (non-hydrogen) atoms. The molecule has 1 aliphatic carbocycles. The average Bonchev–Trinajstić information content (AvgIpc) is 2.06. The minimum absolute atomic E-state index is 0.424. The lowest BCUT2D eigenvalue weighted by molar-refractivity contribution is -0.119. The molecule has 0 N–H and O–H groups in total. The SMILES string of the molecule is C=C1CCCCCC(=O)CC1. The monoisotopic (exact) mass is 152 g/mol. The van der Waals surface area contributed by atoms with Crippen LogP contribution in [0, 0.1) is 0 Å². The van der Waals surface area contributed by atoms with Gasteiger partial charge in [-0.05, 0) is 25.7 Å². The lowest BCUT2D eigenvalue weighted by Crippen LogP contribution is -1.95. The summed E-state index contributed by atoms with van der Waals surface area (Å²) in [5, 5.41) is 0. The van der Waals surface area contributed by atoms with Crippen LogP contribution in [-0.4, -0.2) is 5.78 Å². The number of Topliss-reactive ketones (excluding diaryl/α,β-unsaturated/α-hetero) is 1. The Morgan fingerprint density at radius 1 is 0.909 bits per heavy atom. The second-order valence-electron chi connectivity index (χ2n) is 3.35. The van der Waals surface area contributed by atoms with Crippen molar-refractivity contribution in [2.75, 3.05) is 0 Å². The van der Waals surface area contributed by atoms with Crippen molar-refractivity contribution in [2.24, 2.45) is 0 Å². The average molecular weight is 152 g/mol. The maximum atomic E-state index is 11.1. The third-order valence-electron chi connectivity index (χ3n) is 2.24. The van der Waals surface area contributed by atoms with E-state index in [1.54, 1.807) is 0 Å². The first-order chi connectivity index (χ1) is 5.29. The standard InChI is InChI=1S/C10H16O/c1-9-5-3-2-4-6-10(11)8-7-9/h1-8H2. The Morgan fingerprint density at radius 3 is 2.45 bits per heavy atom. The highest BCUT2D eigenvalue weighted by molar-refractivity contribution is 5.78. The predicted molar refractivity (Wildman–Crippen MR) is 46.5 cm³/mol. The molecule has 0 bridgehead atoms. The molecule has 0 heterocycles. The fourth-order valence-corrected chi connectivity index (χ4v) is 1.44. The molecule has 1 aliphatic rings. The van der Waals surface area contributed by atoms with Gasteiger partial charge in [0, 0.05) is 12.8 Å². The molecule has 1 heteroatoms. The fourth-order valence-electron chi connectivity index (χ4n) is 1.44. The summed E-state index contributed by atoms with van der Waals surface area (Å²) in [6, 6.07) is 0. The van der Waals surface area contributed by atoms with Crippen LogP contribution < -0.4 is 0 Å². The van der Waals surface area contributed by atoms with Gasteiger partial charge in [0.2, 0.25) is 0 Å². The zero-order valence-electron chi connectivity index (χ0n) is 7.07. The summed E-state index contributed by atoms with van der Waals surface area (Å²) in [5.74, 6) is 0.424. The first kappa shape index (κ1) is 8.51. The molecule has 62 valence electrons. The topological polar surface area (TPSA) is 17.1 Å². The van der Waals surface area contributed by atoms with Gasteiger partial charge in [-0.3, -0.25) is 4.79 Å². The van der Waals surface area contributed by atoms with E-state index >= 15 is 0 Å². The highest BCUT2D eigenvalue weighted by Gasteiger charge is 2.06. The van der Waals surface area contributed by atoms with E-state index in [1.807, 2.05) is 0 Å². The van der Waals surface area contributed by atoms with E-state index in [1.165, 1.54) is 18.4 Å². The van der Waals surface area contributed by atoms with Crippen LogP contribution in [0.1, 0.15) is 44.9 Å². The summed E-state index contributed by atoms with van der Waals surface area (Å²) < 4.78 is 0. The van der Waals surface area contributed by atoms with Crippen molar-refractivity contribution in [1.82, 2.24) is 0 Å². The molecular weight excluding hydrogens is 136 g/mol. The van der Waals surface area contributed by atoms with Gasteiger partial charge >= 0.3 is 0 Å². The molecule has 0 aromatic carbocycles. The van der Waals surface area contributed by atoms with Gasteiger partial charge in [-0.25, -0.2) is 0 Å². The van der Waals surface area contributed by atoms with Gasteiger partial charge in [0.25, 0.3) is 0 Å². The molecule has 0 unspecified atom stereocenters. The summed E-state index contributed by atoms with van der Waals surface area (Å²) in [6.07, 6.45) is 7.11. The van der Waals surface area contributed by atoms with E-state index in [4.69, 9.17) is 0 Å². The molecule has 0 saturated heterocycles. The van der Waals surface area contributed by atoms with Crippen molar-refractivity contribution < 1.29 is 4.79 Å². The van der Waals surface area contributed by atoms with Gasteiger partial charge in [-0.15, -0.1) is 0 Å². The Hall–Kier alpha value is -0.590. The van der Waals surface area contributed by atoms with Crippen molar-refractivity contribution in [3.63, 3.8) is 0 Å². The Kier molecular flexibility index (Phi) is 3.34. The first-order valence-corrected chi connectivity index (χ1v) is 4.47. The van der Waals surface area contributed by atoms with Crippen LogP contribution in [0.25, 0.3) is 0 Å². The maximum Gasteiger partial charge on any atom is 0.133 e. The minimum atomic E-state index is 0.424. The van der Waals surface area contributed by atoms with Crippen LogP contribution >= 0.6 is 0 Å². The van der Waals surface area contributed by atoms with Crippen LogP contribution in [0.4, 0.5) is 0 Å². The zero-order valence-corrected chi connectivity index (χ0v) is 7.07. The number of hydrogen-bond donors (Lipinski definition) is 0. The smallest absolute Gasteiger partial charge is 0.133 e. The Morgan fingerprint density at radius 2 is 1.64 bits per heavy atom. The lowest BCUT2D eigenvalue weighted by atomic mass is 10.1. The van der Waals surface area contributed by atoms with Crippen LogP contribution in [-0.2, 0) is 4.79 Å². The van der Waals surface area contributed by atoms with E-state index in [-0.39, 0.29) is 0 Å². The molecule has 1 rings (SSSR count). The van der Waals surface area contributed by atoms with Gasteiger partial charge in [0.1, 0.15) is 5.78 Å². The summed E-state index contributed by atoms with van der Waals surface area (Å²) in [7, 11) is 0. The molecule has 0 atom stereocenters. The second kappa shape index (κ2) is 4.32. The van der Waals surface area contributed by atoms with Crippen LogP contribution in [0.3, 0.4) is 0 Å². The normalized spacial score (nSPS) is 22.2. The summed E-state index contributed by atoms with van der Waals surface area (Å²) in [4.78, 5) is 11.1. The number of hydrogen-bond acceptors (Lipinski definition) is 1. The molecule has 1 nitrogen and oxygen atoms in total. The fraction of sp³-hybridized carbons (Fsp3) is 0.700. The van der Waals surface area contributed by atoms with Gasteiger partial charge in [-0.1, -0.05) is 18.6 Å². The quantitative estimate of drug-likeness (QED) is 0.488. The number of allylic oxidation sites excluding steroid dienone is 1. The molecule has 1 saturated carbocycles. The first-order valence-electron chi connectivity index (χ1n) is 4.47. The Labute approximate surface area is 68.5 Å². The van der Waals surface area contributed by atoms with Crippen molar-refractivity contribution in [2.45, 2.75) is 44.9 Å². The number of ketones is 1. The van der Waals surface area contributed by atoms with E-state index in [9.17, 15) is 4.79 Å². The van der Waals surface area contributed by atoms with Gasteiger partial charge in [-0.2, -0.15) is 0 Å². The molecule has 1 fully saturated rings. The summed E-state index contributed by atoms with van der Waals surface area (Å²) in [6.45, 7) is 3.94. The van der Waals surface area contributed by atoms with Crippen LogP contribution in [0.2, 0.25) is 0 Å². The van der Waals surface area contributed by atoms with Gasteiger partial charge in [0.15, 0.2) is 0 Å². The third-order valence-corrected chi connectivity index (χ3v) is 2.24. The van der Waals surface area contributed by atoms with E-state index in [0.29, 0.717) is 5.78 Å². The third kappa shape index (κ3) is 3.35. The lowest BCUT2D eigenvalue weighted by Gasteiger charge is -1.99. The number of carbonyl (C=O) groups excluding carboxylic acids is 1. The van der Waals surface area contributed by atoms with E-state index < -0.39 is 0 Å². The van der Waals surface area contributed by atoms with Crippen LogP contribution in [0.15, 0.2) is 12.2 Å². The molecule has 0 aromatic rings. The van der Waals surface area contributed by atoms with Crippen molar-refractivity contribution >= 4 is 5.78 Å². The predicted octanol–water partition coefficient (Wildman–Crippen LogP) is 2.86. The van der Waals surface area contributed by atoms with Gasteiger partial charge in [0.05, 0.1) is 0 Å². The molecule has 0 aromatic heterocycles. The van der Waals surface area contributed by atoms with E-state index in [2.05, 4.69) is 6.58 Å². The van der Waals surface area contributed by atoms with Crippen molar-refractivity contribution in [3.05, 3.63) is 12.2 Å². The Bertz CT molecular complexity index is 140. The van der Waals surface area contributed by atoms with E-state index in [0.717, 1.165) is 32.1 Å². The molecule has 0 radical (unpaired) electrons. The Balaban J connectivity index is 2.37. The van der Waals surface area contributed by atoms with Crippen LogP contribution in [0.5, 0.6) is 0 Å². The van der Waals surface area contributed by atoms with Crippen molar-refractivity contribution in [3.8, 4) is 0 Å². The number of rotatable bonds is 0. The zero-order chi connectivity index (χ0) is 8.10. The maximum absolute atomic E-state index is 11.1. The summed E-state index contributed by atoms with van der Waals surface area (Å²) in [5.41, 5.74) is 1.26. The molecule has 0 spiro atoms. The minimum Gasteiger partial charge on any atom is -0.300 e. The largest absolute Gasteiger partial charge is 0.300 e. The molecular formula is C10H16O. The second-order valence-corrected chi connectivity index (χ2v) is 3.35. The van der Waals surface area contributed by atoms with Crippen molar-refractivity contribution in [1.29, 1.82) is 0 Å². The number of carbonyl (C=O) groups is 1. The van der Waals surface area contributed by atoms with Gasteiger partial charge < -0.3 is 0 Å². The molecule has 0 amide bonds.